The van der Waals surface area contributed by atoms with Gasteiger partial charge >= 0.3 is 5.97 Å². The number of carbonyl (C=O) groups is 1. The summed E-state index contributed by atoms with van der Waals surface area (Å²) in [6.07, 6.45) is 0. The molecule has 0 fully saturated rings. The maximum atomic E-state index is 13.7. The van der Waals surface area contributed by atoms with Crippen LogP contribution in [0.4, 0.5) is 4.39 Å². The number of benzene rings is 1. The van der Waals surface area contributed by atoms with E-state index in [0.717, 1.165) is 0 Å². The Hall–Kier alpha value is -1.62. The summed E-state index contributed by atoms with van der Waals surface area (Å²) in [4.78, 5) is 10.9. The molecule has 0 aliphatic carbocycles. The fraction of sp³-hybridized carbons (Fsp3) is 0.417. The van der Waals surface area contributed by atoms with Crippen LogP contribution in [-0.2, 0) is 16.1 Å². The predicted molar refractivity (Wildman–Crippen MR) is 59.7 cm³/mol. The summed E-state index contributed by atoms with van der Waals surface area (Å²) in [5.74, 6) is -2.47. The summed E-state index contributed by atoms with van der Waals surface area (Å²) in [5.41, 5.74) is 0.890. The topological polar surface area (TPSA) is 55.8 Å². The van der Waals surface area contributed by atoms with Gasteiger partial charge in [0.25, 0.3) is 0 Å². The van der Waals surface area contributed by atoms with E-state index in [0.29, 0.717) is 11.1 Å². The first-order valence-corrected chi connectivity index (χ1v) is 5.09. The van der Waals surface area contributed by atoms with E-state index < -0.39 is 17.7 Å². The SMILES string of the molecule is COCc1cc(F)c(OC)c(C(C)C(=O)O)c1. The molecule has 0 spiro atoms. The van der Waals surface area contributed by atoms with Crippen molar-refractivity contribution >= 4 is 5.97 Å². The summed E-state index contributed by atoms with van der Waals surface area (Å²) in [6, 6.07) is 2.87. The van der Waals surface area contributed by atoms with E-state index in [2.05, 4.69) is 0 Å². The molecule has 94 valence electrons. The molecule has 1 N–H and O–H groups in total. The van der Waals surface area contributed by atoms with Crippen molar-refractivity contribution in [2.24, 2.45) is 0 Å². The molecule has 0 heterocycles. The number of rotatable bonds is 5. The molecular formula is C12H15FO4. The smallest absolute Gasteiger partial charge is 0.310 e. The van der Waals surface area contributed by atoms with Gasteiger partial charge in [0.05, 0.1) is 19.6 Å². The normalized spacial score (nSPS) is 12.2. The molecule has 1 atom stereocenters. The summed E-state index contributed by atoms with van der Waals surface area (Å²) < 4.78 is 23.5. The Bertz CT molecular complexity index is 417. The molecule has 0 aliphatic rings. The van der Waals surface area contributed by atoms with Gasteiger partial charge in [0, 0.05) is 12.7 Å². The van der Waals surface area contributed by atoms with Crippen LogP contribution < -0.4 is 4.74 Å². The Morgan fingerprint density at radius 2 is 2.12 bits per heavy atom. The summed E-state index contributed by atoms with van der Waals surface area (Å²) in [6.45, 7) is 1.70. The first kappa shape index (κ1) is 13.4. The molecule has 0 amide bonds. The quantitative estimate of drug-likeness (QED) is 0.859. The molecule has 0 saturated carbocycles. The Morgan fingerprint density at radius 1 is 1.47 bits per heavy atom. The van der Waals surface area contributed by atoms with Crippen molar-refractivity contribution in [2.45, 2.75) is 19.4 Å². The molecule has 5 heteroatoms. The van der Waals surface area contributed by atoms with Crippen LogP contribution in [0, 0.1) is 5.82 Å². The van der Waals surface area contributed by atoms with Crippen molar-refractivity contribution in [1.82, 2.24) is 0 Å². The minimum Gasteiger partial charge on any atom is -0.493 e. The van der Waals surface area contributed by atoms with Gasteiger partial charge in [-0.2, -0.15) is 0 Å². The summed E-state index contributed by atoms with van der Waals surface area (Å²) in [7, 11) is 2.80. The number of hydrogen-bond donors (Lipinski definition) is 1. The third-order valence-corrected chi connectivity index (χ3v) is 2.48. The second kappa shape index (κ2) is 5.63. The van der Waals surface area contributed by atoms with Gasteiger partial charge in [-0.1, -0.05) is 0 Å². The number of halogens is 1. The number of hydrogen-bond acceptors (Lipinski definition) is 3. The Morgan fingerprint density at radius 3 is 2.59 bits per heavy atom. The highest BCUT2D eigenvalue weighted by Crippen LogP contribution is 2.31. The lowest BCUT2D eigenvalue weighted by Gasteiger charge is -2.14. The number of ether oxygens (including phenoxy) is 2. The second-order valence-electron chi connectivity index (χ2n) is 3.69. The zero-order chi connectivity index (χ0) is 13.0. The Labute approximate surface area is 99.0 Å². The fourth-order valence-corrected chi connectivity index (χ4v) is 1.59. The maximum absolute atomic E-state index is 13.7. The molecule has 17 heavy (non-hydrogen) atoms. The van der Waals surface area contributed by atoms with E-state index in [4.69, 9.17) is 14.6 Å². The van der Waals surface area contributed by atoms with E-state index >= 15 is 0 Å². The third kappa shape index (κ3) is 2.94. The zero-order valence-corrected chi connectivity index (χ0v) is 9.99. The zero-order valence-electron chi connectivity index (χ0n) is 9.99. The molecule has 0 aliphatic heterocycles. The summed E-state index contributed by atoms with van der Waals surface area (Å²) >= 11 is 0. The van der Waals surface area contributed by atoms with Crippen LogP contribution in [0.3, 0.4) is 0 Å². The maximum Gasteiger partial charge on any atom is 0.310 e. The van der Waals surface area contributed by atoms with Gasteiger partial charge in [-0.3, -0.25) is 4.79 Å². The minimum atomic E-state index is -1.03. The first-order chi connectivity index (χ1) is 8.01. The van der Waals surface area contributed by atoms with Crippen LogP contribution in [0.2, 0.25) is 0 Å². The van der Waals surface area contributed by atoms with Gasteiger partial charge in [0.1, 0.15) is 0 Å². The highest BCUT2D eigenvalue weighted by Gasteiger charge is 2.21. The summed E-state index contributed by atoms with van der Waals surface area (Å²) in [5, 5.41) is 8.96. The molecule has 0 aromatic heterocycles. The van der Waals surface area contributed by atoms with Crippen LogP contribution >= 0.6 is 0 Å². The molecule has 4 nitrogen and oxygen atoms in total. The molecule has 1 aromatic carbocycles. The minimum absolute atomic E-state index is 0.0280. The lowest BCUT2D eigenvalue weighted by molar-refractivity contribution is -0.138. The molecule has 1 rings (SSSR count). The highest BCUT2D eigenvalue weighted by atomic mass is 19.1. The van der Waals surface area contributed by atoms with Crippen molar-refractivity contribution in [3.05, 3.63) is 29.1 Å². The van der Waals surface area contributed by atoms with Crippen LogP contribution in [0.15, 0.2) is 12.1 Å². The van der Waals surface area contributed by atoms with Crippen LogP contribution in [0.1, 0.15) is 24.0 Å². The van der Waals surface area contributed by atoms with Crippen LogP contribution in [0.25, 0.3) is 0 Å². The molecule has 1 aromatic rings. The van der Waals surface area contributed by atoms with Crippen molar-refractivity contribution < 1.29 is 23.8 Å². The van der Waals surface area contributed by atoms with Crippen molar-refractivity contribution in [2.75, 3.05) is 14.2 Å². The molecular weight excluding hydrogens is 227 g/mol. The van der Waals surface area contributed by atoms with Crippen molar-refractivity contribution in [1.29, 1.82) is 0 Å². The second-order valence-corrected chi connectivity index (χ2v) is 3.69. The number of aliphatic carboxylic acids is 1. The van der Waals surface area contributed by atoms with Crippen LogP contribution in [0.5, 0.6) is 5.75 Å². The van der Waals surface area contributed by atoms with Crippen molar-refractivity contribution in [3.8, 4) is 5.75 Å². The van der Waals surface area contributed by atoms with Gasteiger partial charge in [-0.05, 0) is 24.6 Å². The monoisotopic (exact) mass is 242 g/mol. The lowest BCUT2D eigenvalue weighted by atomic mass is 9.97. The van der Waals surface area contributed by atoms with E-state index in [1.54, 1.807) is 6.07 Å². The van der Waals surface area contributed by atoms with Crippen molar-refractivity contribution in [3.63, 3.8) is 0 Å². The fourth-order valence-electron chi connectivity index (χ4n) is 1.59. The van der Waals surface area contributed by atoms with Gasteiger partial charge in [-0.15, -0.1) is 0 Å². The van der Waals surface area contributed by atoms with E-state index in [1.807, 2.05) is 0 Å². The standard InChI is InChI=1S/C12H15FO4/c1-7(12(14)15)9-4-8(6-16-2)5-10(13)11(9)17-3/h4-5,7H,6H2,1-3H3,(H,14,15). The Balaban J connectivity index is 3.28. The highest BCUT2D eigenvalue weighted by molar-refractivity contribution is 5.76. The number of methoxy groups -OCH3 is 2. The molecule has 0 bridgehead atoms. The van der Waals surface area contributed by atoms with E-state index in [-0.39, 0.29) is 12.4 Å². The van der Waals surface area contributed by atoms with Gasteiger partial charge in [-0.25, -0.2) is 4.39 Å². The van der Waals surface area contributed by atoms with E-state index in [9.17, 15) is 9.18 Å². The van der Waals surface area contributed by atoms with Gasteiger partial charge in [0.2, 0.25) is 0 Å². The van der Waals surface area contributed by atoms with Crippen LogP contribution in [-0.4, -0.2) is 25.3 Å². The van der Waals surface area contributed by atoms with E-state index in [1.165, 1.54) is 27.2 Å². The largest absolute Gasteiger partial charge is 0.493 e. The third-order valence-electron chi connectivity index (χ3n) is 2.48. The van der Waals surface area contributed by atoms with Gasteiger partial charge in [0.15, 0.2) is 11.6 Å². The van der Waals surface area contributed by atoms with Gasteiger partial charge < -0.3 is 14.6 Å². The number of carboxylic acids is 1. The average molecular weight is 242 g/mol. The first-order valence-electron chi connectivity index (χ1n) is 5.09. The lowest BCUT2D eigenvalue weighted by Crippen LogP contribution is -2.10. The number of carboxylic acid groups (broad SMARTS) is 1. The molecule has 0 radical (unpaired) electrons. The average Bonchev–Trinajstić information content (AvgIpc) is 2.27. The molecule has 1 unspecified atom stereocenters. The molecule has 0 saturated heterocycles. The predicted octanol–water partition coefficient (Wildman–Crippen LogP) is 2.17. The Kier molecular flexibility index (Phi) is 4.45.